The Morgan fingerprint density at radius 2 is 1.62 bits per heavy atom. The van der Waals surface area contributed by atoms with E-state index in [9.17, 15) is 10.1 Å². The molecule has 0 saturated heterocycles. The fraction of sp³-hybridized carbons (Fsp3) is 0.143. The molecule has 6 nitrogen and oxygen atoms in total. The van der Waals surface area contributed by atoms with Gasteiger partial charge >= 0.3 is 0 Å². The van der Waals surface area contributed by atoms with Crippen molar-refractivity contribution in [2.24, 2.45) is 0 Å². The molecule has 0 aromatic heterocycles. The highest BCUT2D eigenvalue weighted by atomic mass is 35.5. The zero-order chi connectivity index (χ0) is 14.4. The lowest BCUT2D eigenvalue weighted by molar-refractivity contribution is -0.384. The van der Waals surface area contributed by atoms with Crippen LogP contribution in [0.1, 0.15) is 0 Å². The summed E-state index contributed by atoms with van der Waals surface area (Å²) in [5.41, 5.74) is 6.30. The minimum Gasteiger partial charge on any atom is -0.490 e. The van der Waals surface area contributed by atoms with Gasteiger partial charge < -0.3 is 15.2 Å². The van der Waals surface area contributed by atoms with Crippen molar-refractivity contribution in [2.45, 2.75) is 0 Å². The van der Waals surface area contributed by atoms with Crippen LogP contribution in [0.4, 0.5) is 11.4 Å². The first-order valence-corrected chi connectivity index (χ1v) is 6.01. The minimum absolute atomic E-state index is 0. The molecule has 0 radical (unpaired) electrons. The van der Waals surface area contributed by atoms with Gasteiger partial charge in [-0.25, -0.2) is 0 Å². The van der Waals surface area contributed by atoms with Crippen LogP contribution >= 0.6 is 12.4 Å². The average molecular weight is 311 g/mol. The van der Waals surface area contributed by atoms with E-state index in [-0.39, 0.29) is 18.1 Å². The van der Waals surface area contributed by atoms with E-state index in [1.165, 1.54) is 12.1 Å². The van der Waals surface area contributed by atoms with Gasteiger partial charge in [0.05, 0.1) is 4.92 Å². The second-order valence-electron chi connectivity index (χ2n) is 4.02. The van der Waals surface area contributed by atoms with Crippen LogP contribution in [0.3, 0.4) is 0 Å². The Kier molecular flexibility index (Phi) is 6.29. The fourth-order valence-electron chi connectivity index (χ4n) is 1.59. The standard InChI is InChI=1S/C14H14N2O4.ClH/c15-11-2-1-3-14(10-11)20-9-8-19-13-6-4-12(5-7-13)16(17)18;/h1-7,10H,8-9,15H2;1H. The van der Waals surface area contributed by atoms with Crippen LogP contribution in [0.15, 0.2) is 48.5 Å². The van der Waals surface area contributed by atoms with Crippen LogP contribution in [0, 0.1) is 10.1 Å². The Hall–Kier alpha value is -2.47. The van der Waals surface area contributed by atoms with Crippen molar-refractivity contribution in [3.05, 3.63) is 58.6 Å². The molecule has 0 spiro atoms. The van der Waals surface area contributed by atoms with Gasteiger partial charge in [0.2, 0.25) is 0 Å². The van der Waals surface area contributed by atoms with Gasteiger partial charge in [-0.05, 0) is 24.3 Å². The lowest BCUT2D eigenvalue weighted by atomic mass is 10.3. The van der Waals surface area contributed by atoms with Gasteiger partial charge in [-0.1, -0.05) is 6.07 Å². The number of benzene rings is 2. The number of hydrogen-bond donors (Lipinski definition) is 1. The van der Waals surface area contributed by atoms with Crippen molar-refractivity contribution < 1.29 is 14.4 Å². The Morgan fingerprint density at radius 1 is 1.00 bits per heavy atom. The molecule has 0 atom stereocenters. The topological polar surface area (TPSA) is 87.6 Å². The second-order valence-corrected chi connectivity index (χ2v) is 4.02. The number of halogens is 1. The van der Waals surface area contributed by atoms with Crippen LogP contribution in [0.2, 0.25) is 0 Å². The lowest BCUT2D eigenvalue weighted by Crippen LogP contribution is -2.09. The van der Waals surface area contributed by atoms with Crippen LogP contribution in [0.5, 0.6) is 11.5 Å². The maximum absolute atomic E-state index is 10.5. The summed E-state index contributed by atoms with van der Waals surface area (Å²) in [4.78, 5) is 10.0. The molecule has 0 aliphatic rings. The monoisotopic (exact) mass is 310 g/mol. The molecule has 2 aromatic carbocycles. The van der Waals surface area contributed by atoms with Gasteiger partial charge in [0, 0.05) is 23.9 Å². The van der Waals surface area contributed by atoms with Crippen LogP contribution in [0.25, 0.3) is 0 Å². The van der Waals surface area contributed by atoms with Crippen molar-refractivity contribution in [3.8, 4) is 11.5 Å². The minimum atomic E-state index is -0.452. The third-order valence-corrected chi connectivity index (χ3v) is 2.53. The maximum Gasteiger partial charge on any atom is 0.269 e. The lowest BCUT2D eigenvalue weighted by Gasteiger charge is -2.08. The number of non-ortho nitro benzene ring substituents is 1. The van der Waals surface area contributed by atoms with E-state index < -0.39 is 4.92 Å². The molecule has 0 heterocycles. The van der Waals surface area contributed by atoms with E-state index in [2.05, 4.69) is 0 Å². The molecule has 2 N–H and O–H groups in total. The van der Waals surface area contributed by atoms with Crippen molar-refractivity contribution in [1.29, 1.82) is 0 Å². The Labute approximate surface area is 128 Å². The summed E-state index contributed by atoms with van der Waals surface area (Å²) in [6.07, 6.45) is 0. The molecule has 2 aromatic rings. The first kappa shape index (κ1) is 16.6. The van der Waals surface area contributed by atoms with Gasteiger partial charge in [-0.3, -0.25) is 10.1 Å². The van der Waals surface area contributed by atoms with Crippen molar-refractivity contribution in [2.75, 3.05) is 18.9 Å². The predicted molar refractivity (Wildman–Crippen MR) is 82.2 cm³/mol. The number of ether oxygens (including phenoxy) is 2. The van der Waals surface area contributed by atoms with E-state index in [1.807, 2.05) is 12.1 Å². The van der Waals surface area contributed by atoms with Crippen LogP contribution in [-0.2, 0) is 0 Å². The molecule has 21 heavy (non-hydrogen) atoms. The number of nitro benzene ring substituents is 1. The number of anilines is 1. The van der Waals surface area contributed by atoms with E-state index in [1.54, 1.807) is 24.3 Å². The molecule has 0 aliphatic carbocycles. The smallest absolute Gasteiger partial charge is 0.269 e. The number of nitrogen functional groups attached to an aromatic ring is 1. The molecule has 7 heteroatoms. The second kappa shape index (κ2) is 7.96. The number of nitro groups is 1. The van der Waals surface area contributed by atoms with Gasteiger partial charge in [-0.2, -0.15) is 0 Å². The fourth-order valence-corrected chi connectivity index (χ4v) is 1.59. The highest BCUT2D eigenvalue weighted by molar-refractivity contribution is 5.85. The number of hydrogen-bond acceptors (Lipinski definition) is 5. The number of nitrogens with zero attached hydrogens (tertiary/aromatic N) is 1. The van der Waals surface area contributed by atoms with Gasteiger partial charge in [-0.15, -0.1) is 12.4 Å². The van der Waals surface area contributed by atoms with Crippen molar-refractivity contribution >= 4 is 23.8 Å². The molecule has 0 fully saturated rings. The van der Waals surface area contributed by atoms with Gasteiger partial charge in [0.25, 0.3) is 5.69 Å². The number of nitrogens with two attached hydrogens (primary N) is 1. The Morgan fingerprint density at radius 3 is 2.19 bits per heavy atom. The maximum atomic E-state index is 10.5. The quantitative estimate of drug-likeness (QED) is 0.383. The third kappa shape index (κ3) is 5.19. The summed E-state index contributed by atoms with van der Waals surface area (Å²) in [5.74, 6) is 1.24. The van der Waals surface area contributed by atoms with E-state index >= 15 is 0 Å². The summed E-state index contributed by atoms with van der Waals surface area (Å²) in [7, 11) is 0. The zero-order valence-corrected chi connectivity index (χ0v) is 11.9. The van der Waals surface area contributed by atoms with E-state index in [0.717, 1.165) is 0 Å². The molecule has 0 bridgehead atoms. The van der Waals surface area contributed by atoms with E-state index in [0.29, 0.717) is 30.4 Å². The highest BCUT2D eigenvalue weighted by Crippen LogP contribution is 2.17. The molecule has 0 unspecified atom stereocenters. The summed E-state index contributed by atoms with van der Waals surface area (Å²) in [6, 6.07) is 13.0. The molecule has 0 aliphatic heterocycles. The normalized spacial score (nSPS) is 9.52. The molecule has 2 rings (SSSR count). The molecule has 112 valence electrons. The number of rotatable bonds is 6. The van der Waals surface area contributed by atoms with E-state index in [4.69, 9.17) is 15.2 Å². The zero-order valence-electron chi connectivity index (χ0n) is 11.1. The molecular formula is C14H15ClN2O4. The predicted octanol–water partition coefficient (Wildman–Crippen LogP) is 3.06. The summed E-state index contributed by atoms with van der Waals surface area (Å²) in [5, 5.41) is 10.5. The SMILES string of the molecule is Cl.Nc1cccc(OCCOc2ccc([N+](=O)[O-])cc2)c1. The first-order chi connectivity index (χ1) is 9.65. The Balaban J connectivity index is 0.00000220. The summed E-state index contributed by atoms with van der Waals surface area (Å²) >= 11 is 0. The molecule has 0 saturated carbocycles. The Bertz CT molecular complexity index is 590. The third-order valence-electron chi connectivity index (χ3n) is 2.53. The van der Waals surface area contributed by atoms with Crippen molar-refractivity contribution in [3.63, 3.8) is 0 Å². The highest BCUT2D eigenvalue weighted by Gasteiger charge is 2.04. The molecule has 0 amide bonds. The van der Waals surface area contributed by atoms with Gasteiger partial charge in [0.1, 0.15) is 24.7 Å². The summed E-state index contributed by atoms with van der Waals surface area (Å²) in [6.45, 7) is 0.701. The largest absolute Gasteiger partial charge is 0.490 e. The van der Waals surface area contributed by atoms with Crippen LogP contribution < -0.4 is 15.2 Å². The summed E-state index contributed by atoms with van der Waals surface area (Å²) < 4.78 is 10.9. The first-order valence-electron chi connectivity index (χ1n) is 6.01. The molecular weight excluding hydrogens is 296 g/mol. The van der Waals surface area contributed by atoms with Gasteiger partial charge in [0.15, 0.2) is 0 Å². The average Bonchev–Trinajstić information content (AvgIpc) is 2.44. The van der Waals surface area contributed by atoms with Crippen LogP contribution in [-0.4, -0.2) is 18.1 Å². The van der Waals surface area contributed by atoms with Crippen molar-refractivity contribution in [1.82, 2.24) is 0 Å².